The number of likely N-dealkylation sites (N-methyl/N-ethyl adjacent to an activating group) is 1. The predicted octanol–water partition coefficient (Wildman–Crippen LogP) is 1.45. The predicted molar refractivity (Wildman–Crippen MR) is 100.0 cm³/mol. The third kappa shape index (κ3) is 5.78. The van der Waals surface area contributed by atoms with Gasteiger partial charge in [-0.1, -0.05) is 23.4 Å². The summed E-state index contributed by atoms with van der Waals surface area (Å²) >= 11 is 6.97. The lowest BCUT2D eigenvalue weighted by Crippen LogP contribution is -2.22. The van der Waals surface area contributed by atoms with Crippen LogP contribution >= 0.6 is 23.4 Å². The summed E-state index contributed by atoms with van der Waals surface area (Å²) in [5.74, 6) is -0.103. The summed E-state index contributed by atoms with van der Waals surface area (Å²) in [5, 5.41) is 5.86. The largest absolute Gasteiger partial charge is 0.495 e. The lowest BCUT2D eigenvalue weighted by atomic mass is 10.3. The van der Waals surface area contributed by atoms with Crippen LogP contribution in [0.4, 0.5) is 5.69 Å². The van der Waals surface area contributed by atoms with E-state index in [9.17, 15) is 14.4 Å². The minimum atomic E-state index is -0.390. The smallest absolute Gasteiger partial charge is 0.251 e. The quantitative estimate of drug-likeness (QED) is 0.482. The SMILES string of the molecule is CNC(=O)Cc1cc(=O)[nH]c(SCC(=O)Nc2cc(Cl)ccc2OC)n1. The van der Waals surface area contributed by atoms with E-state index in [-0.39, 0.29) is 29.1 Å². The van der Waals surface area contributed by atoms with Gasteiger partial charge in [0.05, 0.1) is 30.7 Å². The molecular weight excluding hydrogens is 380 g/mol. The average molecular weight is 397 g/mol. The molecule has 0 fully saturated rings. The summed E-state index contributed by atoms with van der Waals surface area (Å²) in [6.07, 6.45) is -0.0140. The maximum atomic E-state index is 12.1. The van der Waals surface area contributed by atoms with Gasteiger partial charge in [0.1, 0.15) is 5.75 Å². The minimum Gasteiger partial charge on any atom is -0.495 e. The van der Waals surface area contributed by atoms with Gasteiger partial charge in [0.15, 0.2) is 5.16 Å². The molecule has 2 aromatic rings. The Balaban J connectivity index is 2.02. The van der Waals surface area contributed by atoms with E-state index < -0.39 is 5.56 Å². The van der Waals surface area contributed by atoms with Gasteiger partial charge >= 0.3 is 0 Å². The standard InChI is InChI=1S/C16H17ClN4O4S/c1-18-13(22)6-10-7-14(23)21-16(19-10)26-8-15(24)20-11-5-9(17)3-4-12(11)25-2/h3-5,7H,6,8H2,1-2H3,(H,18,22)(H,20,24)(H,19,21,23). The van der Waals surface area contributed by atoms with Crippen LogP contribution in [0, 0.1) is 0 Å². The highest BCUT2D eigenvalue weighted by atomic mass is 35.5. The Bertz CT molecular complexity index is 872. The maximum Gasteiger partial charge on any atom is 0.251 e. The lowest BCUT2D eigenvalue weighted by molar-refractivity contribution is -0.120. The Morgan fingerprint density at radius 3 is 2.77 bits per heavy atom. The van der Waals surface area contributed by atoms with E-state index in [1.807, 2.05) is 0 Å². The Morgan fingerprint density at radius 1 is 1.31 bits per heavy atom. The first-order valence-corrected chi connectivity index (χ1v) is 8.84. The van der Waals surface area contributed by atoms with E-state index in [2.05, 4.69) is 20.6 Å². The van der Waals surface area contributed by atoms with Gasteiger partial charge in [0, 0.05) is 18.1 Å². The average Bonchev–Trinajstić information content (AvgIpc) is 2.59. The number of halogens is 1. The first-order valence-electron chi connectivity index (χ1n) is 7.48. The molecule has 0 aliphatic rings. The molecule has 1 aromatic carbocycles. The normalized spacial score (nSPS) is 10.3. The fourth-order valence-electron chi connectivity index (χ4n) is 1.99. The number of hydrogen-bond acceptors (Lipinski definition) is 6. The molecule has 0 unspecified atom stereocenters. The first kappa shape index (κ1) is 19.8. The molecule has 0 atom stereocenters. The molecule has 8 nitrogen and oxygen atoms in total. The number of anilines is 1. The van der Waals surface area contributed by atoms with Crippen molar-refractivity contribution in [3.8, 4) is 5.75 Å². The molecule has 0 bridgehead atoms. The van der Waals surface area contributed by atoms with Gasteiger partial charge in [-0.2, -0.15) is 0 Å². The van der Waals surface area contributed by atoms with Crippen LogP contribution < -0.4 is 20.9 Å². The summed E-state index contributed by atoms with van der Waals surface area (Å²) in [6.45, 7) is 0. The van der Waals surface area contributed by atoms with Gasteiger partial charge in [0.2, 0.25) is 11.8 Å². The number of nitrogens with one attached hydrogen (secondary N) is 3. The van der Waals surface area contributed by atoms with Crippen molar-refractivity contribution in [2.24, 2.45) is 0 Å². The molecular formula is C16H17ClN4O4S. The molecule has 2 amide bonds. The molecule has 10 heteroatoms. The Morgan fingerprint density at radius 2 is 2.08 bits per heavy atom. The molecule has 3 N–H and O–H groups in total. The number of amides is 2. The van der Waals surface area contributed by atoms with Crippen LogP contribution in [0.3, 0.4) is 0 Å². The Hall–Kier alpha value is -2.52. The monoisotopic (exact) mass is 396 g/mol. The van der Waals surface area contributed by atoms with E-state index in [1.165, 1.54) is 20.2 Å². The second kappa shape index (κ2) is 9.25. The third-order valence-electron chi connectivity index (χ3n) is 3.17. The van der Waals surface area contributed by atoms with E-state index in [0.717, 1.165) is 11.8 Å². The number of carbonyl (C=O) groups excluding carboxylic acids is 2. The molecule has 0 aliphatic heterocycles. The number of carbonyl (C=O) groups is 2. The lowest BCUT2D eigenvalue weighted by Gasteiger charge is -2.10. The number of rotatable bonds is 7. The number of methoxy groups -OCH3 is 1. The van der Waals surface area contributed by atoms with Gasteiger partial charge in [-0.15, -0.1) is 0 Å². The summed E-state index contributed by atoms with van der Waals surface area (Å²) in [7, 11) is 2.99. The van der Waals surface area contributed by atoms with Crippen molar-refractivity contribution in [2.45, 2.75) is 11.6 Å². The third-order valence-corrected chi connectivity index (χ3v) is 4.28. The second-order valence-electron chi connectivity index (χ2n) is 5.07. The van der Waals surface area contributed by atoms with Gasteiger partial charge in [-0.25, -0.2) is 4.98 Å². The molecule has 0 saturated heterocycles. The van der Waals surface area contributed by atoms with Crippen LogP contribution in [0.1, 0.15) is 5.69 Å². The molecule has 1 aromatic heterocycles. The number of aromatic amines is 1. The van der Waals surface area contributed by atoms with Crippen molar-refractivity contribution in [1.82, 2.24) is 15.3 Å². The van der Waals surface area contributed by atoms with Gasteiger partial charge < -0.3 is 20.4 Å². The summed E-state index contributed by atoms with van der Waals surface area (Å²) in [4.78, 5) is 41.9. The van der Waals surface area contributed by atoms with Gasteiger partial charge in [0.25, 0.3) is 5.56 Å². The van der Waals surface area contributed by atoms with Gasteiger partial charge in [-0.3, -0.25) is 14.4 Å². The van der Waals surface area contributed by atoms with Crippen LogP contribution in [0.2, 0.25) is 5.02 Å². The van der Waals surface area contributed by atoms with Crippen LogP contribution in [0.25, 0.3) is 0 Å². The van der Waals surface area contributed by atoms with Crippen molar-refractivity contribution in [3.63, 3.8) is 0 Å². The maximum absolute atomic E-state index is 12.1. The fourth-order valence-corrected chi connectivity index (χ4v) is 2.86. The summed E-state index contributed by atoms with van der Waals surface area (Å²) < 4.78 is 5.17. The van der Waals surface area contributed by atoms with Crippen molar-refractivity contribution in [1.29, 1.82) is 0 Å². The highest BCUT2D eigenvalue weighted by Crippen LogP contribution is 2.27. The highest BCUT2D eigenvalue weighted by Gasteiger charge is 2.11. The number of hydrogen-bond donors (Lipinski definition) is 3. The first-order chi connectivity index (χ1) is 12.4. The van der Waals surface area contributed by atoms with E-state index in [0.29, 0.717) is 22.2 Å². The molecule has 138 valence electrons. The van der Waals surface area contributed by atoms with Crippen LogP contribution in [0.5, 0.6) is 5.75 Å². The van der Waals surface area contributed by atoms with Crippen LogP contribution in [-0.4, -0.2) is 41.7 Å². The van der Waals surface area contributed by atoms with Crippen molar-refractivity contribution in [2.75, 3.05) is 25.2 Å². The number of benzene rings is 1. The van der Waals surface area contributed by atoms with Crippen molar-refractivity contribution < 1.29 is 14.3 Å². The molecule has 2 rings (SSSR count). The molecule has 0 saturated carbocycles. The van der Waals surface area contributed by atoms with E-state index in [1.54, 1.807) is 18.2 Å². The van der Waals surface area contributed by atoms with E-state index in [4.69, 9.17) is 16.3 Å². The topological polar surface area (TPSA) is 113 Å². The number of ether oxygens (including phenoxy) is 1. The summed E-state index contributed by atoms with van der Waals surface area (Å²) in [6, 6.07) is 6.12. The van der Waals surface area contributed by atoms with Crippen LogP contribution in [-0.2, 0) is 16.0 Å². The number of aromatic nitrogens is 2. The molecule has 1 heterocycles. The van der Waals surface area contributed by atoms with E-state index >= 15 is 0 Å². The van der Waals surface area contributed by atoms with Crippen molar-refractivity contribution in [3.05, 3.63) is 45.3 Å². The molecule has 0 radical (unpaired) electrons. The van der Waals surface area contributed by atoms with Gasteiger partial charge in [-0.05, 0) is 18.2 Å². The molecule has 0 spiro atoms. The zero-order valence-electron chi connectivity index (χ0n) is 14.1. The zero-order valence-corrected chi connectivity index (χ0v) is 15.7. The zero-order chi connectivity index (χ0) is 19.1. The summed E-state index contributed by atoms with van der Waals surface area (Å²) in [5.41, 5.74) is 0.381. The minimum absolute atomic E-state index is 0.00202. The number of H-pyrrole nitrogens is 1. The Labute approximate surface area is 158 Å². The molecule has 26 heavy (non-hydrogen) atoms. The highest BCUT2D eigenvalue weighted by molar-refractivity contribution is 7.99. The number of nitrogens with zero attached hydrogens (tertiary/aromatic N) is 1. The van der Waals surface area contributed by atoms with Crippen LogP contribution in [0.15, 0.2) is 34.2 Å². The second-order valence-corrected chi connectivity index (χ2v) is 6.47. The Kier molecular flexibility index (Phi) is 7.05. The number of thioether (sulfide) groups is 1. The van der Waals surface area contributed by atoms with Crippen molar-refractivity contribution >= 4 is 40.9 Å². The fraction of sp³-hybridized carbons (Fsp3) is 0.250. The molecule has 0 aliphatic carbocycles.